The zero-order valence-corrected chi connectivity index (χ0v) is 12.6. The van der Waals surface area contributed by atoms with Gasteiger partial charge in [0, 0.05) is 30.5 Å². The monoisotopic (exact) mass is 262 g/mol. The lowest BCUT2D eigenvalue weighted by Crippen LogP contribution is -2.39. The topological polar surface area (TPSA) is 41.0 Å². The Morgan fingerprint density at radius 2 is 2.00 bits per heavy atom. The molecule has 0 unspecified atom stereocenters. The van der Waals surface area contributed by atoms with Gasteiger partial charge in [0.05, 0.1) is 0 Å². The molecule has 0 bridgehead atoms. The van der Waals surface area contributed by atoms with E-state index in [9.17, 15) is 0 Å². The number of nitrogens with zero attached hydrogens (tertiary/aromatic N) is 3. The zero-order chi connectivity index (χ0) is 13.8. The second-order valence-corrected chi connectivity index (χ2v) is 5.77. The van der Waals surface area contributed by atoms with Gasteiger partial charge in [-0.1, -0.05) is 20.8 Å². The second-order valence-electron chi connectivity index (χ2n) is 5.77. The highest BCUT2D eigenvalue weighted by Crippen LogP contribution is 2.17. The minimum Gasteiger partial charge on any atom is -0.351 e. The number of aryl methyl sites for hydroxylation is 1. The van der Waals surface area contributed by atoms with Crippen molar-refractivity contribution in [1.29, 1.82) is 0 Å². The quantitative estimate of drug-likeness (QED) is 0.906. The summed E-state index contributed by atoms with van der Waals surface area (Å²) in [5.74, 6) is 1.25. The average Bonchev–Trinajstić information content (AvgIpc) is 2.39. The number of nitrogens with one attached hydrogen (secondary N) is 1. The van der Waals surface area contributed by atoms with E-state index in [0.717, 1.165) is 23.9 Å². The summed E-state index contributed by atoms with van der Waals surface area (Å²) >= 11 is 0. The third kappa shape index (κ3) is 3.90. The molecular formula is C15H26N4. The van der Waals surface area contributed by atoms with Gasteiger partial charge < -0.3 is 10.2 Å². The van der Waals surface area contributed by atoms with E-state index in [-0.39, 0.29) is 0 Å². The van der Waals surface area contributed by atoms with E-state index in [1.54, 1.807) is 0 Å². The van der Waals surface area contributed by atoms with Gasteiger partial charge >= 0.3 is 0 Å². The number of hydrogen-bond acceptors (Lipinski definition) is 4. The van der Waals surface area contributed by atoms with E-state index in [0.29, 0.717) is 12.0 Å². The molecule has 1 aliphatic heterocycles. The van der Waals surface area contributed by atoms with E-state index in [1.807, 2.05) is 6.92 Å². The molecule has 1 saturated heterocycles. The third-order valence-electron chi connectivity index (χ3n) is 3.83. The van der Waals surface area contributed by atoms with Crippen molar-refractivity contribution in [2.24, 2.45) is 0 Å². The highest BCUT2D eigenvalue weighted by atomic mass is 15.2. The minimum atomic E-state index is 0.448. The van der Waals surface area contributed by atoms with Crippen molar-refractivity contribution in [1.82, 2.24) is 14.9 Å². The van der Waals surface area contributed by atoms with Gasteiger partial charge in [0.2, 0.25) is 5.95 Å². The molecule has 1 N–H and O–H groups in total. The van der Waals surface area contributed by atoms with Crippen molar-refractivity contribution in [2.75, 3.05) is 25.0 Å². The molecule has 1 aromatic heterocycles. The molecule has 0 saturated carbocycles. The average molecular weight is 262 g/mol. The van der Waals surface area contributed by atoms with Gasteiger partial charge in [-0.2, -0.15) is 0 Å². The summed E-state index contributed by atoms with van der Waals surface area (Å²) < 4.78 is 0. The first-order valence-corrected chi connectivity index (χ1v) is 7.43. The Labute approximate surface area is 116 Å². The van der Waals surface area contributed by atoms with E-state index >= 15 is 0 Å². The van der Waals surface area contributed by atoms with Crippen LogP contribution >= 0.6 is 0 Å². The fourth-order valence-corrected chi connectivity index (χ4v) is 2.53. The summed E-state index contributed by atoms with van der Waals surface area (Å²) in [6.45, 7) is 12.1. The number of hydrogen-bond donors (Lipinski definition) is 1. The molecular weight excluding hydrogens is 236 g/mol. The summed E-state index contributed by atoms with van der Waals surface area (Å²) in [6.07, 6.45) is 2.37. The Hall–Kier alpha value is -1.16. The van der Waals surface area contributed by atoms with Crippen LogP contribution in [0.5, 0.6) is 0 Å². The third-order valence-corrected chi connectivity index (χ3v) is 3.83. The molecule has 0 amide bonds. The lowest BCUT2D eigenvalue weighted by atomic mass is 10.1. The summed E-state index contributed by atoms with van der Waals surface area (Å²) in [5.41, 5.74) is 2.17. The SMILES string of the molecule is CCN1CCC(Nc2nc(C)cc(C(C)C)n2)CC1. The van der Waals surface area contributed by atoms with E-state index in [4.69, 9.17) is 0 Å². The molecule has 0 radical (unpaired) electrons. The van der Waals surface area contributed by atoms with E-state index in [1.165, 1.54) is 25.9 Å². The van der Waals surface area contributed by atoms with Gasteiger partial charge in [-0.3, -0.25) is 0 Å². The van der Waals surface area contributed by atoms with Gasteiger partial charge in [0.25, 0.3) is 0 Å². The summed E-state index contributed by atoms with van der Waals surface area (Å²) in [6, 6.07) is 2.60. The molecule has 1 fully saturated rings. The van der Waals surface area contributed by atoms with Crippen LogP contribution in [-0.2, 0) is 0 Å². The molecule has 1 aliphatic rings. The normalized spacial score (nSPS) is 17.9. The van der Waals surface area contributed by atoms with Crippen LogP contribution in [0, 0.1) is 6.92 Å². The van der Waals surface area contributed by atoms with Gasteiger partial charge in [0.15, 0.2) is 0 Å². The van der Waals surface area contributed by atoms with Crippen LogP contribution in [0.25, 0.3) is 0 Å². The Bertz CT molecular complexity index is 409. The van der Waals surface area contributed by atoms with E-state index in [2.05, 4.69) is 47.0 Å². The number of likely N-dealkylation sites (tertiary alicyclic amines) is 1. The van der Waals surface area contributed by atoms with Crippen molar-refractivity contribution in [3.05, 3.63) is 17.5 Å². The maximum Gasteiger partial charge on any atom is 0.223 e. The van der Waals surface area contributed by atoms with Crippen molar-refractivity contribution >= 4 is 5.95 Å². The predicted octanol–water partition coefficient (Wildman–Crippen LogP) is 2.80. The van der Waals surface area contributed by atoms with Gasteiger partial charge in [-0.15, -0.1) is 0 Å². The number of anilines is 1. The first kappa shape index (κ1) is 14.3. The number of piperidine rings is 1. The van der Waals surface area contributed by atoms with Crippen LogP contribution in [0.15, 0.2) is 6.07 Å². The maximum atomic E-state index is 4.63. The van der Waals surface area contributed by atoms with Crippen LogP contribution in [0.2, 0.25) is 0 Å². The minimum absolute atomic E-state index is 0.448. The molecule has 19 heavy (non-hydrogen) atoms. The van der Waals surface area contributed by atoms with Gasteiger partial charge in [-0.25, -0.2) is 9.97 Å². The highest BCUT2D eigenvalue weighted by molar-refractivity contribution is 5.30. The molecule has 0 aromatic carbocycles. The van der Waals surface area contributed by atoms with Crippen LogP contribution in [0.3, 0.4) is 0 Å². The van der Waals surface area contributed by atoms with Crippen molar-refractivity contribution < 1.29 is 0 Å². The molecule has 0 spiro atoms. The van der Waals surface area contributed by atoms with Crippen molar-refractivity contribution in [3.63, 3.8) is 0 Å². The molecule has 106 valence electrons. The number of rotatable bonds is 4. The highest BCUT2D eigenvalue weighted by Gasteiger charge is 2.18. The fourth-order valence-electron chi connectivity index (χ4n) is 2.53. The zero-order valence-electron chi connectivity index (χ0n) is 12.6. The Balaban J connectivity index is 1.99. The first-order valence-electron chi connectivity index (χ1n) is 7.43. The van der Waals surface area contributed by atoms with Crippen LogP contribution in [-0.4, -0.2) is 40.5 Å². The van der Waals surface area contributed by atoms with Gasteiger partial charge in [0.1, 0.15) is 0 Å². The maximum absolute atomic E-state index is 4.63. The van der Waals surface area contributed by atoms with Crippen molar-refractivity contribution in [2.45, 2.75) is 52.5 Å². The Morgan fingerprint density at radius 1 is 1.32 bits per heavy atom. The molecule has 4 heteroatoms. The molecule has 1 aromatic rings. The standard InChI is InChI=1S/C15H26N4/c1-5-19-8-6-13(7-9-19)17-15-16-12(4)10-14(18-15)11(2)3/h10-11,13H,5-9H2,1-4H3,(H,16,17,18). The molecule has 2 heterocycles. The lowest BCUT2D eigenvalue weighted by Gasteiger charge is -2.31. The second kappa shape index (κ2) is 6.33. The molecule has 0 atom stereocenters. The van der Waals surface area contributed by atoms with Crippen LogP contribution in [0.4, 0.5) is 5.95 Å². The van der Waals surface area contributed by atoms with Gasteiger partial charge in [-0.05, 0) is 38.3 Å². The van der Waals surface area contributed by atoms with Crippen LogP contribution < -0.4 is 5.32 Å². The molecule has 0 aliphatic carbocycles. The summed E-state index contributed by atoms with van der Waals surface area (Å²) in [4.78, 5) is 11.6. The Morgan fingerprint density at radius 3 is 2.58 bits per heavy atom. The van der Waals surface area contributed by atoms with E-state index < -0.39 is 0 Å². The Kier molecular flexibility index (Phi) is 4.75. The predicted molar refractivity (Wildman–Crippen MR) is 79.6 cm³/mol. The summed E-state index contributed by atoms with van der Waals surface area (Å²) in [7, 11) is 0. The largest absolute Gasteiger partial charge is 0.351 e. The summed E-state index contributed by atoms with van der Waals surface area (Å²) in [5, 5.41) is 3.51. The lowest BCUT2D eigenvalue weighted by molar-refractivity contribution is 0.229. The molecule has 4 nitrogen and oxygen atoms in total. The van der Waals surface area contributed by atoms with Crippen molar-refractivity contribution in [3.8, 4) is 0 Å². The van der Waals surface area contributed by atoms with Crippen LogP contribution in [0.1, 0.15) is 50.9 Å². The first-order chi connectivity index (χ1) is 9.08. The fraction of sp³-hybridized carbons (Fsp3) is 0.733. The number of aromatic nitrogens is 2. The smallest absolute Gasteiger partial charge is 0.223 e. The molecule has 2 rings (SSSR count).